The Morgan fingerprint density at radius 2 is 2.00 bits per heavy atom. The molecule has 1 amide bonds. The molecule has 2 aliphatic carbocycles. The Balaban J connectivity index is 1.71. The van der Waals surface area contributed by atoms with Gasteiger partial charge in [-0.05, 0) is 43.9 Å². The molecule has 0 bridgehead atoms. The summed E-state index contributed by atoms with van der Waals surface area (Å²) in [5.41, 5.74) is 0. The minimum atomic E-state index is 0.106. The van der Waals surface area contributed by atoms with Gasteiger partial charge in [-0.2, -0.15) is 0 Å². The second kappa shape index (κ2) is 4.52. The zero-order valence-corrected chi connectivity index (χ0v) is 9.41. The van der Waals surface area contributed by atoms with Crippen molar-refractivity contribution < 1.29 is 9.90 Å². The first-order valence-corrected chi connectivity index (χ1v) is 6.12. The van der Waals surface area contributed by atoms with E-state index in [1.54, 1.807) is 0 Å². The minimum Gasteiger partial charge on any atom is -0.396 e. The second-order valence-corrected chi connectivity index (χ2v) is 5.25. The van der Waals surface area contributed by atoms with E-state index in [9.17, 15) is 4.79 Å². The zero-order chi connectivity index (χ0) is 10.8. The van der Waals surface area contributed by atoms with Crippen molar-refractivity contribution in [3.63, 3.8) is 0 Å². The lowest BCUT2D eigenvalue weighted by Crippen LogP contribution is -2.38. The lowest BCUT2D eigenvalue weighted by atomic mass is 9.87. The highest BCUT2D eigenvalue weighted by molar-refractivity contribution is 5.81. The van der Waals surface area contributed by atoms with Crippen molar-refractivity contribution in [1.82, 2.24) is 5.32 Å². The molecule has 2 rings (SSSR count). The van der Waals surface area contributed by atoms with Gasteiger partial charge in [0.05, 0.1) is 0 Å². The molecule has 0 heterocycles. The van der Waals surface area contributed by atoms with Gasteiger partial charge in [0.25, 0.3) is 0 Å². The minimum absolute atomic E-state index is 0.106. The molecule has 2 aliphatic rings. The third kappa shape index (κ3) is 2.71. The number of amides is 1. The predicted octanol–water partition coefficient (Wildman–Crippen LogP) is 1.31. The Bertz CT molecular complexity index is 234. The smallest absolute Gasteiger partial charge is 0.223 e. The van der Waals surface area contributed by atoms with Crippen molar-refractivity contribution >= 4 is 5.91 Å². The van der Waals surface area contributed by atoms with E-state index in [0.29, 0.717) is 6.04 Å². The third-order valence-corrected chi connectivity index (χ3v) is 3.86. The van der Waals surface area contributed by atoms with Crippen molar-refractivity contribution in [2.45, 2.75) is 45.1 Å². The Morgan fingerprint density at radius 1 is 1.33 bits per heavy atom. The SMILES string of the molecule is CC1CCC(NC(=O)[C@@H]2C[C@H]2CO)CC1. The van der Waals surface area contributed by atoms with E-state index in [1.165, 1.54) is 12.8 Å². The highest BCUT2D eigenvalue weighted by Gasteiger charge is 2.42. The van der Waals surface area contributed by atoms with Crippen LogP contribution in [0.2, 0.25) is 0 Å². The molecule has 0 saturated heterocycles. The van der Waals surface area contributed by atoms with Crippen LogP contribution in [0.4, 0.5) is 0 Å². The molecule has 0 aromatic carbocycles. The van der Waals surface area contributed by atoms with Crippen molar-refractivity contribution in [3.05, 3.63) is 0 Å². The molecular weight excluding hydrogens is 190 g/mol. The molecule has 0 aromatic heterocycles. The molecule has 3 heteroatoms. The lowest BCUT2D eigenvalue weighted by molar-refractivity contribution is -0.123. The Labute approximate surface area is 91.2 Å². The van der Waals surface area contributed by atoms with Gasteiger partial charge >= 0.3 is 0 Å². The van der Waals surface area contributed by atoms with Gasteiger partial charge in [-0.25, -0.2) is 0 Å². The number of aliphatic hydroxyl groups is 1. The first-order valence-electron chi connectivity index (χ1n) is 6.12. The summed E-state index contributed by atoms with van der Waals surface area (Å²) in [5, 5.41) is 12.0. The molecular formula is C12H21NO2. The molecule has 86 valence electrons. The fraction of sp³-hybridized carbons (Fsp3) is 0.917. The Morgan fingerprint density at radius 3 is 2.53 bits per heavy atom. The lowest BCUT2D eigenvalue weighted by Gasteiger charge is -2.26. The maximum Gasteiger partial charge on any atom is 0.223 e. The normalized spacial score (nSPS) is 39.9. The highest BCUT2D eigenvalue weighted by Crippen LogP contribution is 2.38. The molecule has 3 nitrogen and oxygen atoms in total. The highest BCUT2D eigenvalue weighted by atomic mass is 16.3. The molecule has 0 spiro atoms. The first kappa shape index (κ1) is 10.9. The van der Waals surface area contributed by atoms with Gasteiger partial charge in [-0.3, -0.25) is 4.79 Å². The van der Waals surface area contributed by atoms with Crippen molar-refractivity contribution in [1.29, 1.82) is 0 Å². The second-order valence-electron chi connectivity index (χ2n) is 5.25. The van der Waals surface area contributed by atoms with Crippen LogP contribution in [0.15, 0.2) is 0 Å². The average molecular weight is 211 g/mol. The Hall–Kier alpha value is -0.570. The summed E-state index contributed by atoms with van der Waals surface area (Å²) < 4.78 is 0. The molecule has 2 fully saturated rings. The van der Waals surface area contributed by atoms with Crippen LogP contribution in [0.1, 0.15) is 39.0 Å². The number of hydrogen-bond acceptors (Lipinski definition) is 2. The molecule has 0 aliphatic heterocycles. The number of rotatable bonds is 3. The quantitative estimate of drug-likeness (QED) is 0.739. The predicted molar refractivity (Wildman–Crippen MR) is 58.2 cm³/mol. The van der Waals surface area contributed by atoms with Crippen LogP contribution in [-0.4, -0.2) is 23.7 Å². The summed E-state index contributed by atoms with van der Waals surface area (Å²) in [5.74, 6) is 1.35. The maximum absolute atomic E-state index is 11.7. The van der Waals surface area contributed by atoms with Gasteiger partial charge in [0.2, 0.25) is 5.91 Å². The van der Waals surface area contributed by atoms with E-state index in [2.05, 4.69) is 12.2 Å². The number of aliphatic hydroxyl groups excluding tert-OH is 1. The van der Waals surface area contributed by atoms with Crippen LogP contribution < -0.4 is 5.32 Å². The Kier molecular flexibility index (Phi) is 3.29. The number of nitrogens with one attached hydrogen (secondary N) is 1. The first-order chi connectivity index (χ1) is 7.20. The average Bonchev–Trinajstić information content (AvgIpc) is 3.00. The standard InChI is InChI=1S/C12H21NO2/c1-8-2-4-10(5-3-8)13-12(15)11-6-9(11)7-14/h8-11,14H,2-7H2,1H3,(H,13,15)/t8?,9-,10?,11+/m0/s1. The van der Waals surface area contributed by atoms with Crippen LogP contribution in [0.25, 0.3) is 0 Å². The van der Waals surface area contributed by atoms with Crippen molar-refractivity contribution in [2.24, 2.45) is 17.8 Å². The van der Waals surface area contributed by atoms with Gasteiger partial charge in [-0.15, -0.1) is 0 Å². The summed E-state index contributed by atoms with van der Waals surface area (Å²) in [6.07, 6.45) is 5.61. The monoisotopic (exact) mass is 211 g/mol. The van der Waals surface area contributed by atoms with E-state index in [1.807, 2.05) is 0 Å². The summed E-state index contributed by atoms with van der Waals surface area (Å²) in [6.45, 7) is 2.44. The molecule has 0 unspecified atom stereocenters. The summed E-state index contributed by atoms with van der Waals surface area (Å²) in [6, 6.07) is 0.397. The fourth-order valence-corrected chi connectivity index (χ4v) is 2.48. The van der Waals surface area contributed by atoms with Gasteiger partial charge in [0.15, 0.2) is 0 Å². The van der Waals surface area contributed by atoms with Gasteiger partial charge in [0, 0.05) is 18.6 Å². The van der Waals surface area contributed by atoms with E-state index >= 15 is 0 Å². The molecule has 2 atom stereocenters. The summed E-state index contributed by atoms with van der Waals surface area (Å²) in [7, 11) is 0. The number of carbonyl (C=O) groups is 1. The van der Waals surface area contributed by atoms with Crippen molar-refractivity contribution in [2.75, 3.05) is 6.61 Å². The topological polar surface area (TPSA) is 49.3 Å². The third-order valence-electron chi connectivity index (χ3n) is 3.86. The van der Waals surface area contributed by atoms with Crippen LogP contribution >= 0.6 is 0 Å². The van der Waals surface area contributed by atoms with Gasteiger partial charge < -0.3 is 10.4 Å². The van der Waals surface area contributed by atoms with Gasteiger partial charge in [0.1, 0.15) is 0 Å². The van der Waals surface area contributed by atoms with Crippen LogP contribution in [0, 0.1) is 17.8 Å². The molecule has 2 saturated carbocycles. The largest absolute Gasteiger partial charge is 0.396 e. The van der Waals surface area contributed by atoms with Crippen molar-refractivity contribution in [3.8, 4) is 0 Å². The van der Waals surface area contributed by atoms with E-state index < -0.39 is 0 Å². The number of hydrogen-bond donors (Lipinski definition) is 2. The van der Waals surface area contributed by atoms with Crippen LogP contribution in [0.3, 0.4) is 0 Å². The number of carbonyl (C=O) groups excluding carboxylic acids is 1. The van der Waals surface area contributed by atoms with E-state index in [0.717, 1.165) is 25.2 Å². The van der Waals surface area contributed by atoms with Crippen LogP contribution in [-0.2, 0) is 4.79 Å². The summed E-state index contributed by atoms with van der Waals surface area (Å²) >= 11 is 0. The van der Waals surface area contributed by atoms with E-state index in [4.69, 9.17) is 5.11 Å². The molecule has 0 aromatic rings. The fourth-order valence-electron chi connectivity index (χ4n) is 2.48. The molecule has 2 N–H and O–H groups in total. The van der Waals surface area contributed by atoms with Gasteiger partial charge in [-0.1, -0.05) is 6.92 Å². The van der Waals surface area contributed by atoms with Crippen LogP contribution in [0.5, 0.6) is 0 Å². The molecule has 15 heavy (non-hydrogen) atoms. The zero-order valence-electron chi connectivity index (χ0n) is 9.41. The molecule has 0 radical (unpaired) electrons. The maximum atomic E-state index is 11.7. The van der Waals surface area contributed by atoms with E-state index in [-0.39, 0.29) is 24.3 Å². The summed E-state index contributed by atoms with van der Waals surface area (Å²) in [4.78, 5) is 11.7.